The van der Waals surface area contributed by atoms with Gasteiger partial charge in [0.2, 0.25) is 0 Å². The molecule has 0 fully saturated rings. The Morgan fingerprint density at radius 1 is 0.643 bits per heavy atom. The first-order chi connectivity index (χ1) is 33.3. The molecule has 0 unspecified atom stereocenters. The predicted octanol–water partition coefficient (Wildman–Crippen LogP) is 13.4. The minimum atomic E-state index is -3.48. The van der Waals surface area contributed by atoms with E-state index < -0.39 is 62.9 Å². The molecule has 4 nitrogen and oxygen atoms in total. The van der Waals surface area contributed by atoms with E-state index in [-0.39, 0.29) is 38.2 Å². The molecular formula is C51H54N3OPt-. The molecule has 7 aromatic rings. The number of fused-ring (bicyclic) bond motifs is 1. The van der Waals surface area contributed by atoms with Crippen molar-refractivity contribution in [1.29, 1.82) is 0 Å². The molecule has 7 rings (SSSR count). The van der Waals surface area contributed by atoms with Crippen LogP contribution in [0.3, 0.4) is 0 Å². The second-order valence-corrected chi connectivity index (χ2v) is 15.4. The fraction of sp³-hybridized carbons (Fsp3) is 0.294. The molecule has 0 amide bonds. The molecule has 56 heavy (non-hydrogen) atoms. The van der Waals surface area contributed by atoms with Crippen LogP contribution in [0.1, 0.15) is 120 Å². The van der Waals surface area contributed by atoms with Crippen LogP contribution < -0.4 is 0 Å². The maximum atomic E-state index is 11.7. The standard InChI is InChI=1S/C51H54N3O.Pt/c1-31-24-33(3)47(55)42(25-31)48-53-46-41(14-13-15-45(46)54(48)44-21-20-39(26-32(44)2)50(7,8)9)36-27-37(29-40(28-36)51(10,11)12)43-30-35(22-23-52-43)34-16-18-38(19-17-34)49(4,5)6;/h13-26,28-30,55H,1-12H3;/q-1;/i4D3,5D3,6D3,7D3,8D3,9D3;. The van der Waals surface area contributed by atoms with Crippen molar-refractivity contribution in [3.63, 3.8) is 0 Å². The number of nitrogens with zero attached hydrogens (tertiary/aromatic N) is 3. The number of aromatic nitrogens is 3. The average Bonchev–Trinajstić information content (AvgIpc) is 3.61. The van der Waals surface area contributed by atoms with Crippen molar-refractivity contribution >= 4 is 11.0 Å². The first-order valence-corrected chi connectivity index (χ1v) is 17.9. The molecule has 0 saturated heterocycles. The molecule has 0 aliphatic heterocycles. The second kappa shape index (κ2) is 14.9. The Hall–Kier alpha value is -4.79. The number of hydrogen-bond acceptors (Lipinski definition) is 3. The van der Waals surface area contributed by atoms with Gasteiger partial charge in [-0.05, 0) is 100 Å². The number of benzene rings is 5. The number of phenolic OH excluding ortho intramolecular Hbond substituents is 1. The van der Waals surface area contributed by atoms with E-state index in [4.69, 9.17) is 34.6 Å². The minimum absolute atomic E-state index is 0. The van der Waals surface area contributed by atoms with Gasteiger partial charge in [-0.15, -0.1) is 29.3 Å². The van der Waals surface area contributed by atoms with Gasteiger partial charge in [0.25, 0.3) is 0 Å². The van der Waals surface area contributed by atoms with Gasteiger partial charge in [-0.3, -0.25) is 9.55 Å². The molecule has 0 aliphatic rings. The summed E-state index contributed by atoms with van der Waals surface area (Å²) in [7, 11) is 0. The number of para-hydroxylation sites is 1. The van der Waals surface area contributed by atoms with Gasteiger partial charge in [-0.1, -0.05) is 134 Å². The van der Waals surface area contributed by atoms with E-state index >= 15 is 0 Å². The SMILES string of the molecule is [2H]C([2H])([2H])C(c1ccc(-c2ccnc(-c3[c-]c(-c4cccc5c4nc(-c4cc(C)cc(C)c4O)n5-c4ccc(C(C([2H])([2H])[2H])(C([2H])([2H])[2H])C([2H])([2H])[2H])cc4C)cc(C(C)(C)C)c3)c2)cc1)(C([2H])([2H])[2H])C([2H])([2H])[2H].[Pt]. The third kappa shape index (κ3) is 7.91. The molecule has 290 valence electrons. The summed E-state index contributed by atoms with van der Waals surface area (Å²) in [5.41, 5.74) is 0.0969. The van der Waals surface area contributed by atoms with Crippen LogP contribution in [-0.4, -0.2) is 19.6 Å². The molecule has 5 heteroatoms. The monoisotopic (exact) mass is 938 g/mol. The van der Waals surface area contributed by atoms with E-state index in [0.717, 1.165) is 11.1 Å². The third-order valence-corrected chi connectivity index (χ3v) is 9.95. The van der Waals surface area contributed by atoms with Crippen molar-refractivity contribution in [3.8, 4) is 56.3 Å². The van der Waals surface area contributed by atoms with Crippen molar-refractivity contribution in [2.75, 3.05) is 0 Å². The number of rotatable bonds is 5. The van der Waals surface area contributed by atoms with Crippen molar-refractivity contribution in [3.05, 3.63) is 143 Å². The number of phenols is 1. The van der Waals surface area contributed by atoms with Crippen molar-refractivity contribution in [2.45, 2.75) is 98.9 Å². The Balaban J connectivity index is 0.00000892. The summed E-state index contributed by atoms with van der Waals surface area (Å²) in [6.45, 7) is -9.33. The van der Waals surface area contributed by atoms with Crippen LogP contribution in [0.15, 0.2) is 103 Å². The molecule has 1 N–H and O–H groups in total. The normalized spacial score (nSPS) is 18.3. The number of imidazole rings is 1. The number of aromatic hydroxyl groups is 1. The predicted molar refractivity (Wildman–Crippen MR) is 231 cm³/mol. The van der Waals surface area contributed by atoms with Gasteiger partial charge in [-0.25, -0.2) is 4.98 Å². The molecule has 0 aliphatic carbocycles. The van der Waals surface area contributed by atoms with E-state index in [0.29, 0.717) is 66.9 Å². The van der Waals surface area contributed by atoms with Crippen LogP contribution in [-0.2, 0) is 37.3 Å². The Morgan fingerprint density at radius 3 is 2.00 bits per heavy atom. The third-order valence-electron chi connectivity index (χ3n) is 9.95. The van der Waals surface area contributed by atoms with Gasteiger partial charge >= 0.3 is 0 Å². The first kappa shape index (κ1) is 23.4. The van der Waals surface area contributed by atoms with Crippen LogP contribution in [0.5, 0.6) is 5.75 Å². The zero-order chi connectivity index (χ0) is 54.6. The van der Waals surface area contributed by atoms with E-state index in [2.05, 4.69) is 6.07 Å². The van der Waals surface area contributed by atoms with Gasteiger partial charge < -0.3 is 5.11 Å². The smallest absolute Gasteiger partial charge is 0.148 e. The van der Waals surface area contributed by atoms with E-state index in [1.54, 1.807) is 42.8 Å². The van der Waals surface area contributed by atoms with Gasteiger partial charge in [0.15, 0.2) is 0 Å². The fourth-order valence-electron chi connectivity index (χ4n) is 6.97. The number of aryl methyl sites for hydroxylation is 3. The topological polar surface area (TPSA) is 50.9 Å². The minimum Gasteiger partial charge on any atom is -0.507 e. The quantitative estimate of drug-likeness (QED) is 0.175. The van der Waals surface area contributed by atoms with Crippen molar-refractivity contribution in [2.24, 2.45) is 0 Å². The maximum Gasteiger partial charge on any atom is 0.148 e. The van der Waals surface area contributed by atoms with E-state index in [9.17, 15) is 5.11 Å². The Labute approximate surface area is 373 Å². The summed E-state index contributed by atoms with van der Waals surface area (Å²) in [6.07, 6.45) is 1.57. The van der Waals surface area contributed by atoms with Gasteiger partial charge in [-0.2, -0.15) is 0 Å². The summed E-state index contributed by atoms with van der Waals surface area (Å²) in [6, 6.07) is 29.4. The summed E-state index contributed by atoms with van der Waals surface area (Å²) in [4.78, 5) is 9.92. The zero-order valence-electron chi connectivity index (χ0n) is 49.9. The molecule has 2 heterocycles. The molecular weight excluding hydrogens is 866 g/mol. The number of hydrogen-bond donors (Lipinski definition) is 1. The van der Waals surface area contributed by atoms with Crippen LogP contribution in [0, 0.1) is 26.8 Å². The molecule has 5 aromatic carbocycles. The van der Waals surface area contributed by atoms with Gasteiger partial charge in [0.05, 0.1) is 22.3 Å². The summed E-state index contributed by atoms with van der Waals surface area (Å²) in [5, 5.41) is 11.7. The summed E-state index contributed by atoms with van der Waals surface area (Å²) in [5.74, 6) is 0.220. The maximum absolute atomic E-state index is 11.7. The first-order valence-electron chi connectivity index (χ1n) is 26.9. The second-order valence-electron chi connectivity index (χ2n) is 15.4. The van der Waals surface area contributed by atoms with Crippen molar-refractivity contribution in [1.82, 2.24) is 14.5 Å². The molecule has 0 saturated carbocycles. The van der Waals surface area contributed by atoms with Crippen LogP contribution in [0.2, 0.25) is 0 Å². The summed E-state index contributed by atoms with van der Waals surface area (Å²) >= 11 is 0. The van der Waals surface area contributed by atoms with Crippen molar-refractivity contribution < 1.29 is 50.8 Å². The molecule has 0 bridgehead atoms. The zero-order valence-corrected chi connectivity index (χ0v) is 34.2. The van der Waals surface area contributed by atoms with Crippen LogP contribution in [0.4, 0.5) is 0 Å². The fourth-order valence-corrected chi connectivity index (χ4v) is 6.97. The van der Waals surface area contributed by atoms with Gasteiger partial charge in [0.1, 0.15) is 11.6 Å². The molecule has 2 aromatic heterocycles. The van der Waals surface area contributed by atoms with E-state index in [1.165, 1.54) is 42.5 Å². The summed E-state index contributed by atoms with van der Waals surface area (Å²) < 4.78 is 150. The molecule has 0 spiro atoms. The molecule has 0 radical (unpaired) electrons. The van der Waals surface area contributed by atoms with Crippen LogP contribution in [0.25, 0.3) is 61.6 Å². The van der Waals surface area contributed by atoms with Crippen LogP contribution >= 0.6 is 0 Å². The largest absolute Gasteiger partial charge is 0.507 e. The van der Waals surface area contributed by atoms with Gasteiger partial charge in [0, 0.05) is 57.6 Å². The Morgan fingerprint density at radius 2 is 1.32 bits per heavy atom. The Bertz CT molecular complexity index is 3170. The average molecular weight is 938 g/mol. The molecule has 0 atom stereocenters. The Kier molecular flexibility index (Phi) is 6.25. The van der Waals surface area contributed by atoms with E-state index in [1.807, 2.05) is 64.1 Å². The number of pyridine rings is 1.